The lowest BCUT2D eigenvalue weighted by molar-refractivity contribution is 0.144. The number of benzene rings is 1. The van der Waals surface area contributed by atoms with Crippen LogP contribution in [-0.2, 0) is 5.54 Å². The zero-order chi connectivity index (χ0) is 16.8. The number of hydrogen-bond donors (Lipinski definition) is 0. The van der Waals surface area contributed by atoms with Crippen LogP contribution in [-0.4, -0.2) is 4.90 Å². The molecule has 1 nitrogen and oxygen atoms in total. The van der Waals surface area contributed by atoms with Gasteiger partial charge in [0.15, 0.2) is 0 Å². The molecule has 1 aromatic rings. The Morgan fingerprint density at radius 1 is 0.833 bits per heavy atom. The van der Waals surface area contributed by atoms with Crippen LogP contribution in [0.2, 0.25) is 0 Å². The largest absolute Gasteiger partial charge is 0.339 e. The van der Waals surface area contributed by atoms with Crippen LogP contribution in [0.1, 0.15) is 57.9 Å². The topological polar surface area (TPSA) is 3.24 Å². The Bertz CT molecular complexity index is 625. The van der Waals surface area contributed by atoms with Gasteiger partial charge in [0, 0.05) is 11.4 Å². The van der Waals surface area contributed by atoms with E-state index in [0.717, 1.165) is 38.5 Å². The molecule has 0 spiro atoms. The molecule has 2 aliphatic carbocycles. The number of rotatable bonds is 6. The maximum Gasteiger partial charge on any atom is 0.0690 e. The summed E-state index contributed by atoms with van der Waals surface area (Å²) in [5.74, 6) is 0. The van der Waals surface area contributed by atoms with Crippen molar-refractivity contribution in [2.45, 2.75) is 57.9 Å². The van der Waals surface area contributed by atoms with Gasteiger partial charge in [-0.2, -0.15) is 0 Å². The highest BCUT2D eigenvalue weighted by molar-refractivity contribution is 5.34. The van der Waals surface area contributed by atoms with Gasteiger partial charge in [0.1, 0.15) is 0 Å². The Kier molecular flexibility index (Phi) is 5.40. The molecule has 0 amide bonds. The second kappa shape index (κ2) is 7.70. The summed E-state index contributed by atoms with van der Waals surface area (Å²) in [6.07, 6.45) is 20.4. The summed E-state index contributed by atoms with van der Waals surface area (Å²) in [5, 5.41) is 0. The molecule has 0 heterocycles. The Balaban J connectivity index is 2.14. The van der Waals surface area contributed by atoms with Gasteiger partial charge < -0.3 is 4.90 Å². The number of allylic oxidation sites excluding steroid dienone is 8. The SMILES string of the molecule is CCC(CC)(c1ccccc1)N(C1=CC=CCC1)C1=CC=CCC1. The fourth-order valence-corrected chi connectivity index (χ4v) is 4.14. The van der Waals surface area contributed by atoms with Gasteiger partial charge in [0.25, 0.3) is 0 Å². The standard InChI is InChI=1S/C23H29N/c1-3-23(4-2,20-14-8-5-9-15-20)24(21-16-10-6-11-17-21)22-18-12-7-13-19-22/h5-10,12,14-16,18H,3-4,11,13,17,19H2,1-2H3. The quantitative estimate of drug-likeness (QED) is 0.580. The third-order valence-corrected chi connectivity index (χ3v) is 5.47. The van der Waals surface area contributed by atoms with E-state index in [1.54, 1.807) is 0 Å². The molecule has 0 atom stereocenters. The molecule has 0 radical (unpaired) electrons. The van der Waals surface area contributed by atoms with Gasteiger partial charge >= 0.3 is 0 Å². The fraction of sp³-hybridized carbons (Fsp3) is 0.391. The second-order valence-corrected chi connectivity index (χ2v) is 6.69. The Morgan fingerprint density at radius 3 is 1.79 bits per heavy atom. The van der Waals surface area contributed by atoms with Crippen LogP contribution >= 0.6 is 0 Å². The van der Waals surface area contributed by atoms with Crippen LogP contribution < -0.4 is 0 Å². The first-order chi connectivity index (χ1) is 11.8. The van der Waals surface area contributed by atoms with E-state index in [1.165, 1.54) is 17.0 Å². The first-order valence-electron chi connectivity index (χ1n) is 9.39. The van der Waals surface area contributed by atoms with Crippen LogP contribution in [0.15, 0.2) is 78.2 Å². The highest BCUT2D eigenvalue weighted by atomic mass is 15.2. The van der Waals surface area contributed by atoms with Gasteiger partial charge in [-0.15, -0.1) is 0 Å². The minimum absolute atomic E-state index is 0.0370. The molecule has 0 bridgehead atoms. The van der Waals surface area contributed by atoms with Gasteiger partial charge in [-0.25, -0.2) is 0 Å². The molecule has 0 N–H and O–H groups in total. The summed E-state index contributed by atoms with van der Waals surface area (Å²) in [7, 11) is 0. The molecule has 0 saturated carbocycles. The van der Waals surface area contributed by atoms with Gasteiger partial charge in [-0.1, -0.05) is 68.5 Å². The van der Waals surface area contributed by atoms with Gasteiger partial charge in [-0.05, 0) is 56.2 Å². The minimum atomic E-state index is 0.0370. The predicted molar refractivity (Wildman–Crippen MR) is 103 cm³/mol. The van der Waals surface area contributed by atoms with Crippen LogP contribution in [0.5, 0.6) is 0 Å². The monoisotopic (exact) mass is 319 g/mol. The molecular formula is C23H29N. The van der Waals surface area contributed by atoms with E-state index in [-0.39, 0.29) is 5.54 Å². The van der Waals surface area contributed by atoms with E-state index in [1.807, 2.05) is 0 Å². The van der Waals surface area contributed by atoms with Crippen molar-refractivity contribution in [1.29, 1.82) is 0 Å². The first kappa shape index (κ1) is 16.8. The fourth-order valence-electron chi connectivity index (χ4n) is 4.14. The number of nitrogens with zero attached hydrogens (tertiary/aromatic N) is 1. The summed E-state index contributed by atoms with van der Waals surface area (Å²) in [6, 6.07) is 11.1. The maximum atomic E-state index is 2.68. The summed E-state index contributed by atoms with van der Waals surface area (Å²) in [6.45, 7) is 4.67. The molecule has 0 aliphatic heterocycles. The Hall–Kier alpha value is -2.02. The number of hydrogen-bond acceptors (Lipinski definition) is 1. The van der Waals surface area contributed by atoms with Crippen molar-refractivity contribution < 1.29 is 0 Å². The average molecular weight is 319 g/mol. The summed E-state index contributed by atoms with van der Waals surface area (Å²) in [4.78, 5) is 2.68. The zero-order valence-electron chi connectivity index (χ0n) is 15.0. The van der Waals surface area contributed by atoms with Crippen molar-refractivity contribution in [1.82, 2.24) is 4.90 Å². The van der Waals surface area contributed by atoms with Crippen molar-refractivity contribution in [3.8, 4) is 0 Å². The molecule has 2 aliphatic rings. The van der Waals surface area contributed by atoms with Crippen molar-refractivity contribution >= 4 is 0 Å². The highest BCUT2D eigenvalue weighted by Crippen LogP contribution is 2.43. The second-order valence-electron chi connectivity index (χ2n) is 6.69. The Morgan fingerprint density at radius 2 is 1.38 bits per heavy atom. The van der Waals surface area contributed by atoms with Gasteiger partial charge in [0.2, 0.25) is 0 Å². The lowest BCUT2D eigenvalue weighted by Crippen LogP contribution is -2.44. The molecular weight excluding hydrogens is 290 g/mol. The van der Waals surface area contributed by atoms with Gasteiger partial charge in [-0.3, -0.25) is 0 Å². The van der Waals surface area contributed by atoms with Crippen molar-refractivity contribution in [3.63, 3.8) is 0 Å². The normalized spacial score (nSPS) is 17.4. The molecule has 0 aromatic heterocycles. The summed E-state index contributed by atoms with van der Waals surface area (Å²) in [5.41, 5.74) is 4.40. The Labute approximate surface area is 147 Å². The smallest absolute Gasteiger partial charge is 0.0690 e. The predicted octanol–water partition coefficient (Wildman–Crippen LogP) is 6.47. The third kappa shape index (κ3) is 3.13. The molecule has 1 aromatic carbocycles. The van der Waals surface area contributed by atoms with E-state index < -0.39 is 0 Å². The molecule has 1 heteroatoms. The zero-order valence-corrected chi connectivity index (χ0v) is 15.0. The molecule has 3 rings (SSSR count). The minimum Gasteiger partial charge on any atom is -0.339 e. The molecule has 24 heavy (non-hydrogen) atoms. The summed E-state index contributed by atoms with van der Waals surface area (Å²) >= 11 is 0. The molecule has 0 unspecified atom stereocenters. The van der Waals surface area contributed by atoms with Crippen LogP contribution in [0.4, 0.5) is 0 Å². The van der Waals surface area contributed by atoms with E-state index in [2.05, 4.69) is 85.5 Å². The maximum absolute atomic E-state index is 2.68. The van der Waals surface area contributed by atoms with Crippen LogP contribution in [0.3, 0.4) is 0 Å². The van der Waals surface area contributed by atoms with E-state index in [9.17, 15) is 0 Å². The van der Waals surface area contributed by atoms with Crippen LogP contribution in [0.25, 0.3) is 0 Å². The van der Waals surface area contributed by atoms with Crippen LogP contribution in [0, 0.1) is 0 Å². The highest BCUT2D eigenvalue weighted by Gasteiger charge is 2.38. The van der Waals surface area contributed by atoms with E-state index in [0.29, 0.717) is 0 Å². The van der Waals surface area contributed by atoms with Gasteiger partial charge in [0.05, 0.1) is 5.54 Å². The third-order valence-electron chi connectivity index (χ3n) is 5.47. The summed E-state index contributed by atoms with van der Waals surface area (Å²) < 4.78 is 0. The first-order valence-corrected chi connectivity index (χ1v) is 9.39. The average Bonchev–Trinajstić information content (AvgIpc) is 2.68. The van der Waals surface area contributed by atoms with Crippen molar-refractivity contribution in [2.24, 2.45) is 0 Å². The lowest BCUT2D eigenvalue weighted by atomic mass is 9.80. The van der Waals surface area contributed by atoms with Crippen molar-refractivity contribution in [2.75, 3.05) is 0 Å². The van der Waals surface area contributed by atoms with Crippen molar-refractivity contribution in [3.05, 3.63) is 83.7 Å². The molecule has 0 fully saturated rings. The molecule has 126 valence electrons. The lowest BCUT2D eigenvalue weighted by Gasteiger charge is -2.48. The van der Waals surface area contributed by atoms with E-state index in [4.69, 9.17) is 0 Å². The molecule has 0 saturated heterocycles. The van der Waals surface area contributed by atoms with E-state index >= 15 is 0 Å².